The Morgan fingerprint density at radius 3 is 1.00 bits per heavy atom. The van der Waals surface area contributed by atoms with Crippen molar-refractivity contribution in [3.05, 3.63) is 0 Å². The van der Waals surface area contributed by atoms with Gasteiger partial charge in [-0.3, -0.25) is 0 Å². The maximum atomic E-state index is 6.88. The Bertz CT molecular complexity index is 68.7. The van der Waals surface area contributed by atoms with E-state index in [0.717, 1.165) is 12.5 Å². The molecule has 0 fully saturated rings. The van der Waals surface area contributed by atoms with Crippen LogP contribution in [0.5, 0.6) is 0 Å². The van der Waals surface area contributed by atoms with Crippen molar-refractivity contribution in [2.24, 2.45) is 0 Å². The molecule has 5 heteroatoms. The van der Waals surface area contributed by atoms with Gasteiger partial charge in [0, 0.05) is 22.4 Å². The van der Waals surface area contributed by atoms with E-state index in [2.05, 4.69) is 0 Å². The molecule has 0 aliphatic heterocycles. The second kappa shape index (κ2) is 57.0. The largest absolute Gasteiger partial charge is 0.443 e. The molecular weight excluding hydrogens is 281 g/mol. The van der Waals surface area contributed by atoms with Crippen LogP contribution in [0.3, 0.4) is 0 Å². The number of nitriles is 2. The minimum Gasteiger partial charge on any atom is -0.443 e. The first-order valence-corrected chi connectivity index (χ1v) is 0.894. The number of aliphatic hydroxyl groups excluding tert-OH is 2. The van der Waals surface area contributed by atoms with Gasteiger partial charge in [0.05, 0.1) is 0 Å². The van der Waals surface area contributed by atoms with Crippen LogP contribution in [0.2, 0.25) is 0 Å². The molecule has 0 aliphatic carbocycles. The molecular formula is C2H2AuN2O2. The fourth-order valence-electron chi connectivity index (χ4n) is 0. The van der Waals surface area contributed by atoms with Gasteiger partial charge in [-0.25, -0.2) is 0 Å². The van der Waals surface area contributed by atoms with Crippen molar-refractivity contribution in [3.63, 3.8) is 0 Å². The summed E-state index contributed by atoms with van der Waals surface area (Å²) < 4.78 is 0. The van der Waals surface area contributed by atoms with Crippen LogP contribution in [0.25, 0.3) is 0 Å². The van der Waals surface area contributed by atoms with E-state index in [1.165, 1.54) is 0 Å². The normalized spacial score (nSPS) is 2.00. The minimum atomic E-state index is 0. The standard InChI is InChI=1S/2CHNO.Au/c2*2-1-3;/h2*3H;. The van der Waals surface area contributed by atoms with Crippen LogP contribution in [-0.4, -0.2) is 10.2 Å². The Balaban J connectivity index is -0.0000000400. The van der Waals surface area contributed by atoms with Crippen LogP contribution in [0.4, 0.5) is 0 Å². The van der Waals surface area contributed by atoms with Crippen molar-refractivity contribution >= 4 is 0 Å². The minimum absolute atomic E-state index is 0. The maximum Gasteiger partial charge on any atom is 0.283 e. The summed E-state index contributed by atoms with van der Waals surface area (Å²) in [6, 6.07) is 0. The molecule has 2 N–H and O–H groups in total. The first-order chi connectivity index (χ1) is 2.83. The van der Waals surface area contributed by atoms with Gasteiger partial charge in [-0.15, -0.1) is 0 Å². The number of rotatable bonds is 0. The third-order valence-corrected chi connectivity index (χ3v) is 0. The van der Waals surface area contributed by atoms with Crippen LogP contribution in [0.15, 0.2) is 0 Å². The van der Waals surface area contributed by atoms with Crippen molar-refractivity contribution in [3.8, 4) is 12.5 Å². The Hall–Kier alpha value is -0.680. The maximum absolute atomic E-state index is 6.88. The van der Waals surface area contributed by atoms with Crippen molar-refractivity contribution in [1.82, 2.24) is 0 Å². The van der Waals surface area contributed by atoms with Crippen LogP contribution in [0, 0.1) is 23.0 Å². The molecule has 0 amide bonds. The van der Waals surface area contributed by atoms with Gasteiger partial charge in [0.2, 0.25) is 0 Å². The zero-order valence-corrected chi connectivity index (χ0v) is 5.26. The number of hydrogen-bond donors (Lipinski definition) is 2. The fraction of sp³-hybridized carbons (Fsp3) is 0. The zero-order valence-electron chi connectivity index (χ0n) is 3.09. The van der Waals surface area contributed by atoms with Crippen molar-refractivity contribution in [2.45, 2.75) is 0 Å². The Kier molecular flexibility index (Phi) is 132. The molecule has 7 heavy (non-hydrogen) atoms. The number of aliphatic hydroxyl groups is 2. The van der Waals surface area contributed by atoms with Crippen LogP contribution in [-0.2, 0) is 22.4 Å². The summed E-state index contributed by atoms with van der Waals surface area (Å²) in [5, 5.41) is 27.5. The van der Waals surface area contributed by atoms with Crippen molar-refractivity contribution in [1.29, 1.82) is 10.5 Å². The Morgan fingerprint density at radius 1 is 1.00 bits per heavy atom. The predicted molar refractivity (Wildman–Crippen MR) is 15.1 cm³/mol. The molecule has 0 heterocycles. The molecule has 4 nitrogen and oxygen atoms in total. The molecule has 0 aromatic heterocycles. The molecule has 0 spiro atoms. The second-order valence-corrected chi connectivity index (χ2v) is 0.200. The van der Waals surface area contributed by atoms with Gasteiger partial charge in [-0.1, -0.05) is 0 Å². The third-order valence-electron chi connectivity index (χ3n) is 0. The average Bonchev–Trinajstić information content (AvgIpc) is 1.39. The molecule has 0 aliphatic rings. The fourth-order valence-corrected chi connectivity index (χ4v) is 0. The quantitative estimate of drug-likeness (QED) is 0.471. The van der Waals surface area contributed by atoms with Crippen LogP contribution in [0.1, 0.15) is 0 Å². The van der Waals surface area contributed by atoms with E-state index in [1.807, 2.05) is 0 Å². The van der Waals surface area contributed by atoms with E-state index in [4.69, 9.17) is 20.7 Å². The summed E-state index contributed by atoms with van der Waals surface area (Å²) in [7, 11) is 0. The topological polar surface area (TPSA) is 88.0 Å². The summed E-state index contributed by atoms with van der Waals surface area (Å²) in [5.74, 6) is 0. The summed E-state index contributed by atoms with van der Waals surface area (Å²) in [6.07, 6.45) is 1.50. The van der Waals surface area contributed by atoms with E-state index >= 15 is 0 Å². The van der Waals surface area contributed by atoms with E-state index < -0.39 is 0 Å². The zero-order chi connectivity index (χ0) is 5.41. The molecule has 0 unspecified atom stereocenters. The molecule has 0 bridgehead atoms. The van der Waals surface area contributed by atoms with Gasteiger partial charge in [-0.2, -0.15) is 10.5 Å². The number of nitrogens with zero attached hydrogens (tertiary/aromatic N) is 2. The molecule has 0 saturated carbocycles. The molecule has 0 rings (SSSR count). The van der Waals surface area contributed by atoms with E-state index in [-0.39, 0.29) is 22.4 Å². The van der Waals surface area contributed by atoms with Crippen molar-refractivity contribution in [2.75, 3.05) is 0 Å². The smallest absolute Gasteiger partial charge is 0.283 e. The van der Waals surface area contributed by atoms with Gasteiger partial charge in [0.15, 0.2) is 0 Å². The summed E-state index contributed by atoms with van der Waals surface area (Å²) in [4.78, 5) is 0. The molecule has 0 aromatic carbocycles. The third kappa shape index (κ3) is 127. The van der Waals surface area contributed by atoms with E-state index in [9.17, 15) is 0 Å². The van der Waals surface area contributed by atoms with Gasteiger partial charge in [-0.05, 0) is 0 Å². The summed E-state index contributed by atoms with van der Waals surface area (Å²) in [6.45, 7) is 0. The van der Waals surface area contributed by atoms with Gasteiger partial charge >= 0.3 is 0 Å². The van der Waals surface area contributed by atoms with Crippen LogP contribution >= 0.6 is 0 Å². The summed E-state index contributed by atoms with van der Waals surface area (Å²) in [5.41, 5.74) is 0. The van der Waals surface area contributed by atoms with Crippen LogP contribution < -0.4 is 0 Å². The summed E-state index contributed by atoms with van der Waals surface area (Å²) >= 11 is 0. The van der Waals surface area contributed by atoms with Crippen molar-refractivity contribution < 1.29 is 32.6 Å². The van der Waals surface area contributed by atoms with Gasteiger partial charge < -0.3 is 10.2 Å². The monoisotopic (exact) mass is 283 g/mol. The molecule has 0 aromatic rings. The SMILES string of the molecule is N#CO.N#CO.[Au]. The van der Waals surface area contributed by atoms with Gasteiger partial charge in [0.1, 0.15) is 0 Å². The molecule has 43 valence electrons. The first-order valence-electron chi connectivity index (χ1n) is 0.894. The molecule has 0 atom stereocenters. The Morgan fingerprint density at radius 2 is 1.00 bits per heavy atom. The Labute approximate surface area is 56.1 Å². The predicted octanol–water partition coefficient (Wildman–Crippen LogP) is -0.323. The average molecular weight is 283 g/mol. The second-order valence-electron chi connectivity index (χ2n) is 0.200. The molecule has 1 radical (unpaired) electrons. The van der Waals surface area contributed by atoms with Gasteiger partial charge in [0.25, 0.3) is 12.5 Å². The first kappa shape index (κ1) is 16.2. The van der Waals surface area contributed by atoms with E-state index in [1.54, 1.807) is 0 Å². The number of hydrogen-bond acceptors (Lipinski definition) is 4. The molecule has 0 saturated heterocycles. The van der Waals surface area contributed by atoms with E-state index in [0.29, 0.717) is 0 Å².